The van der Waals surface area contributed by atoms with Gasteiger partial charge in [0.25, 0.3) is 0 Å². The van der Waals surface area contributed by atoms with Gasteiger partial charge in [0.2, 0.25) is 0 Å². The van der Waals surface area contributed by atoms with Crippen LogP contribution in [0.2, 0.25) is 0 Å². The molecule has 0 bridgehead atoms. The SMILES string of the molecule is CN=C(NCCC1CCCO1)N(C)Cc1cccn1C.I. The maximum atomic E-state index is 5.63. The van der Waals surface area contributed by atoms with Crippen molar-refractivity contribution in [2.75, 3.05) is 27.2 Å². The lowest BCUT2D eigenvalue weighted by Crippen LogP contribution is -2.39. The van der Waals surface area contributed by atoms with E-state index in [9.17, 15) is 0 Å². The maximum absolute atomic E-state index is 5.63. The molecule has 1 aliphatic rings. The first kappa shape index (κ1) is 18.3. The van der Waals surface area contributed by atoms with Crippen LogP contribution in [-0.2, 0) is 18.3 Å². The Kier molecular flexibility index (Phi) is 8.10. The van der Waals surface area contributed by atoms with Gasteiger partial charge < -0.3 is 19.5 Å². The number of ether oxygens (including phenoxy) is 1. The molecule has 1 aliphatic heterocycles. The molecule has 0 aliphatic carbocycles. The van der Waals surface area contributed by atoms with Gasteiger partial charge in [0, 0.05) is 46.2 Å². The van der Waals surface area contributed by atoms with Crippen molar-refractivity contribution in [1.82, 2.24) is 14.8 Å². The zero-order valence-corrected chi connectivity index (χ0v) is 15.5. The van der Waals surface area contributed by atoms with Gasteiger partial charge in [0.15, 0.2) is 5.96 Å². The molecule has 6 heteroatoms. The predicted octanol–water partition coefficient (Wildman–Crippen LogP) is 2.22. The topological polar surface area (TPSA) is 41.8 Å². The fraction of sp³-hybridized carbons (Fsp3) is 0.667. The van der Waals surface area contributed by atoms with Crippen LogP contribution in [0.25, 0.3) is 0 Å². The summed E-state index contributed by atoms with van der Waals surface area (Å²) in [5, 5.41) is 3.41. The van der Waals surface area contributed by atoms with Gasteiger partial charge in [-0.05, 0) is 31.4 Å². The Bertz CT molecular complexity index is 441. The molecule has 0 amide bonds. The maximum Gasteiger partial charge on any atom is 0.193 e. The van der Waals surface area contributed by atoms with E-state index in [1.165, 1.54) is 18.5 Å². The molecule has 1 aromatic heterocycles. The average Bonchev–Trinajstić information content (AvgIpc) is 3.07. The molecule has 1 unspecified atom stereocenters. The summed E-state index contributed by atoms with van der Waals surface area (Å²) in [6, 6.07) is 4.20. The number of nitrogens with zero attached hydrogens (tertiary/aromatic N) is 3. The largest absolute Gasteiger partial charge is 0.378 e. The van der Waals surface area contributed by atoms with Gasteiger partial charge in [0.05, 0.1) is 12.6 Å². The molecule has 0 spiro atoms. The molecule has 1 atom stereocenters. The van der Waals surface area contributed by atoms with E-state index in [1.54, 1.807) is 0 Å². The minimum Gasteiger partial charge on any atom is -0.378 e. The van der Waals surface area contributed by atoms with Crippen molar-refractivity contribution >= 4 is 29.9 Å². The fourth-order valence-corrected chi connectivity index (χ4v) is 2.58. The van der Waals surface area contributed by atoms with E-state index >= 15 is 0 Å². The van der Waals surface area contributed by atoms with Crippen LogP contribution < -0.4 is 5.32 Å². The van der Waals surface area contributed by atoms with E-state index in [-0.39, 0.29) is 24.0 Å². The zero-order valence-electron chi connectivity index (χ0n) is 13.2. The highest BCUT2D eigenvalue weighted by Crippen LogP contribution is 2.14. The quantitative estimate of drug-likeness (QED) is 0.463. The van der Waals surface area contributed by atoms with Crippen molar-refractivity contribution in [2.24, 2.45) is 12.0 Å². The summed E-state index contributed by atoms with van der Waals surface area (Å²) in [6.45, 7) is 2.69. The van der Waals surface area contributed by atoms with Crippen molar-refractivity contribution in [3.05, 3.63) is 24.0 Å². The smallest absolute Gasteiger partial charge is 0.193 e. The van der Waals surface area contributed by atoms with Crippen molar-refractivity contribution in [1.29, 1.82) is 0 Å². The second kappa shape index (κ2) is 9.30. The monoisotopic (exact) mass is 406 g/mol. The number of aliphatic imine (C=N–C) groups is 1. The summed E-state index contributed by atoms with van der Waals surface area (Å²) in [5.41, 5.74) is 1.27. The third-order valence-corrected chi connectivity index (χ3v) is 3.80. The van der Waals surface area contributed by atoms with E-state index in [2.05, 4.69) is 52.2 Å². The second-order valence-electron chi connectivity index (χ2n) is 5.36. The molecule has 21 heavy (non-hydrogen) atoms. The number of hydrogen-bond acceptors (Lipinski definition) is 2. The molecule has 120 valence electrons. The molecule has 2 heterocycles. The van der Waals surface area contributed by atoms with Crippen molar-refractivity contribution < 1.29 is 4.74 Å². The summed E-state index contributed by atoms with van der Waals surface area (Å²) in [7, 11) is 5.96. The van der Waals surface area contributed by atoms with Gasteiger partial charge in [-0.2, -0.15) is 0 Å². The van der Waals surface area contributed by atoms with Gasteiger partial charge in [-0.25, -0.2) is 0 Å². The number of rotatable bonds is 5. The first-order valence-electron chi connectivity index (χ1n) is 7.34. The van der Waals surface area contributed by atoms with Crippen LogP contribution >= 0.6 is 24.0 Å². The van der Waals surface area contributed by atoms with Crippen LogP contribution in [0.1, 0.15) is 25.0 Å². The molecule has 0 radical (unpaired) electrons. The standard InChI is InChI=1S/C15H26N4O.HI/c1-16-15(17-9-8-14-7-5-11-20-14)19(3)12-13-6-4-10-18(13)2;/h4,6,10,14H,5,7-9,11-12H2,1-3H3,(H,16,17);1H. The number of nitrogens with one attached hydrogen (secondary N) is 1. The molecule has 0 saturated carbocycles. The van der Waals surface area contributed by atoms with Gasteiger partial charge in [-0.3, -0.25) is 4.99 Å². The third-order valence-electron chi connectivity index (χ3n) is 3.80. The molecular formula is C15H27IN4O. The summed E-state index contributed by atoms with van der Waals surface area (Å²) < 4.78 is 7.77. The Labute approximate surface area is 144 Å². The lowest BCUT2D eigenvalue weighted by molar-refractivity contribution is 0.105. The lowest BCUT2D eigenvalue weighted by atomic mass is 10.2. The van der Waals surface area contributed by atoms with Crippen LogP contribution in [-0.4, -0.2) is 48.8 Å². The summed E-state index contributed by atoms with van der Waals surface area (Å²) in [6.07, 6.45) is 5.94. The van der Waals surface area contributed by atoms with E-state index < -0.39 is 0 Å². The number of aromatic nitrogens is 1. The van der Waals surface area contributed by atoms with E-state index in [1.807, 2.05) is 7.05 Å². The lowest BCUT2D eigenvalue weighted by Gasteiger charge is -2.23. The third kappa shape index (κ3) is 5.50. The Morgan fingerprint density at radius 1 is 1.57 bits per heavy atom. The summed E-state index contributed by atoms with van der Waals surface area (Å²) in [4.78, 5) is 6.49. The van der Waals surface area contributed by atoms with Crippen LogP contribution in [0.4, 0.5) is 0 Å². The fourth-order valence-electron chi connectivity index (χ4n) is 2.58. The van der Waals surface area contributed by atoms with Crippen LogP contribution in [0.5, 0.6) is 0 Å². The minimum absolute atomic E-state index is 0. The van der Waals surface area contributed by atoms with Gasteiger partial charge in [-0.15, -0.1) is 24.0 Å². The molecule has 0 aromatic carbocycles. The first-order valence-corrected chi connectivity index (χ1v) is 7.34. The molecule has 1 N–H and O–H groups in total. The molecule has 1 fully saturated rings. The zero-order chi connectivity index (χ0) is 14.4. The first-order chi connectivity index (χ1) is 9.70. The van der Waals surface area contributed by atoms with E-state index in [0.717, 1.165) is 32.1 Å². The van der Waals surface area contributed by atoms with Gasteiger partial charge >= 0.3 is 0 Å². The van der Waals surface area contributed by atoms with Crippen molar-refractivity contribution in [3.8, 4) is 0 Å². The van der Waals surface area contributed by atoms with Crippen molar-refractivity contribution in [3.63, 3.8) is 0 Å². The van der Waals surface area contributed by atoms with Crippen LogP contribution in [0, 0.1) is 0 Å². The molecular weight excluding hydrogens is 379 g/mol. The Balaban J connectivity index is 0.00000220. The highest BCUT2D eigenvalue weighted by Gasteiger charge is 2.15. The van der Waals surface area contributed by atoms with Gasteiger partial charge in [0.1, 0.15) is 0 Å². The minimum atomic E-state index is 0. The van der Waals surface area contributed by atoms with Gasteiger partial charge in [-0.1, -0.05) is 0 Å². The predicted molar refractivity (Wildman–Crippen MR) is 97.2 cm³/mol. The van der Waals surface area contributed by atoms with Crippen LogP contribution in [0.15, 0.2) is 23.3 Å². The number of guanidine groups is 1. The molecule has 5 nitrogen and oxygen atoms in total. The Morgan fingerprint density at radius 2 is 2.38 bits per heavy atom. The number of hydrogen-bond donors (Lipinski definition) is 1. The van der Waals surface area contributed by atoms with E-state index in [4.69, 9.17) is 4.74 Å². The Hall–Kier alpha value is -0.760. The van der Waals surface area contributed by atoms with Crippen molar-refractivity contribution in [2.45, 2.75) is 31.9 Å². The Morgan fingerprint density at radius 3 is 2.95 bits per heavy atom. The normalized spacial score (nSPS) is 18.4. The summed E-state index contributed by atoms with van der Waals surface area (Å²) in [5.74, 6) is 0.934. The molecule has 1 aromatic rings. The summed E-state index contributed by atoms with van der Waals surface area (Å²) >= 11 is 0. The molecule has 2 rings (SSSR count). The van der Waals surface area contributed by atoms with E-state index in [0.29, 0.717) is 6.10 Å². The highest BCUT2D eigenvalue weighted by atomic mass is 127. The van der Waals surface area contributed by atoms with Crippen LogP contribution in [0.3, 0.4) is 0 Å². The number of halogens is 1. The number of aryl methyl sites for hydroxylation is 1. The molecule has 1 saturated heterocycles. The second-order valence-corrected chi connectivity index (χ2v) is 5.36. The average molecular weight is 406 g/mol. The highest BCUT2D eigenvalue weighted by molar-refractivity contribution is 14.0.